The van der Waals surface area contributed by atoms with Crippen LogP contribution in [0.25, 0.3) is 11.0 Å². The van der Waals surface area contributed by atoms with E-state index in [1.54, 1.807) is 24.3 Å². The van der Waals surface area contributed by atoms with Crippen LogP contribution in [-0.2, 0) is 0 Å². The molecular formula is C9H5NO4. The topological polar surface area (TPSA) is 68.9 Å². The van der Waals surface area contributed by atoms with Gasteiger partial charge in [-0.3, -0.25) is 9.63 Å². The fourth-order valence-electron chi connectivity index (χ4n) is 1.16. The van der Waals surface area contributed by atoms with Crippen molar-refractivity contribution in [3.63, 3.8) is 0 Å². The van der Waals surface area contributed by atoms with Gasteiger partial charge in [0.05, 0.1) is 11.5 Å². The molecule has 14 heavy (non-hydrogen) atoms. The van der Waals surface area contributed by atoms with Gasteiger partial charge in [-0.05, 0) is 12.1 Å². The van der Waals surface area contributed by atoms with E-state index in [1.807, 2.05) is 0 Å². The molecule has 0 spiro atoms. The van der Waals surface area contributed by atoms with Crippen molar-refractivity contribution in [2.45, 2.75) is 0 Å². The fourth-order valence-corrected chi connectivity index (χ4v) is 1.16. The molecule has 0 aliphatic heterocycles. The molecule has 1 aromatic carbocycles. The number of benzene rings is 1. The summed E-state index contributed by atoms with van der Waals surface area (Å²) < 4.78 is 5.07. The molecule has 5 nitrogen and oxygen atoms in total. The van der Waals surface area contributed by atoms with Gasteiger partial charge in [-0.1, -0.05) is 12.1 Å². The Morgan fingerprint density at radius 3 is 2.86 bits per heavy atom. The molecule has 1 heterocycles. The van der Waals surface area contributed by atoms with Gasteiger partial charge >= 0.3 is 5.95 Å². The monoisotopic (exact) mass is 191 g/mol. The highest BCUT2D eigenvalue weighted by atomic mass is 16.8. The van der Waals surface area contributed by atoms with Crippen LogP contribution in [0, 0.1) is 4.91 Å². The van der Waals surface area contributed by atoms with Crippen molar-refractivity contribution in [1.29, 1.82) is 0 Å². The summed E-state index contributed by atoms with van der Waals surface area (Å²) in [5.41, 5.74) is 0.0872. The third-order valence-corrected chi connectivity index (χ3v) is 1.74. The smallest absolute Gasteiger partial charge is 0.322 e. The molecular weight excluding hydrogens is 186 g/mol. The Morgan fingerprint density at radius 2 is 2.07 bits per heavy atom. The highest BCUT2D eigenvalue weighted by Crippen LogP contribution is 2.16. The lowest BCUT2D eigenvalue weighted by Crippen LogP contribution is -1.99. The molecule has 0 radical (unpaired) electrons. The summed E-state index contributed by atoms with van der Waals surface area (Å²) in [4.78, 5) is 25.4. The Kier molecular flexibility index (Phi) is 1.98. The molecule has 70 valence electrons. The van der Waals surface area contributed by atoms with Crippen LogP contribution >= 0.6 is 0 Å². The van der Waals surface area contributed by atoms with E-state index in [4.69, 9.17) is 4.42 Å². The van der Waals surface area contributed by atoms with Crippen LogP contribution in [0.2, 0.25) is 0 Å². The van der Waals surface area contributed by atoms with Crippen LogP contribution < -0.4 is 10.3 Å². The van der Waals surface area contributed by atoms with Crippen molar-refractivity contribution < 1.29 is 9.25 Å². The molecule has 1 aromatic heterocycles. The number of fused-ring (bicyclic) bond motifs is 1. The van der Waals surface area contributed by atoms with E-state index in [2.05, 4.69) is 10.2 Å². The van der Waals surface area contributed by atoms with Gasteiger partial charge in [-0.15, -0.1) is 4.91 Å². The molecule has 0 amide bonds. The summed E-state index contributed by atoms with van der Waals surface area (Å²) in [5.74, 6) is -0.205. The summed E-state index contributed by atoms with van der Waals surface area (Å²) in [6.45, 7) is 0. The van der Waals surface area contributed by atoms with Gasteiger partial charge in [0.15, 0.2) is 10.8 Å². The van der Waals surface area contributed by atoms with Gasteiger partial charge in [0.25, 0.3) is 0 Å². The fraction of sp³-hybridized carbons (Fsp3) is 0. The Hall–Kier alpha value is -2.17. The van der Waals surface area contributed by atoms with Crippen LogP contribution in [-0.4, -0.2) is 0 Å². The first-order chi connectivity index (χ1) is 6.81. The lowest BCUT2D eigenvalue weighted by Gasteiger charge is -1.97. The molecule has 0 N–H and O–H groups in total. The summed E-state index contributed by atoms with van der Waals surface area (Å²) in [5, 5.41) is 2.61. The Morgan fingerprint density at radius 1 is 1.29 bits per heavy atom. The molecule has 0 atom stereocenters. The second-order valence-corrected chi connectivity index (χ2v) is 2.59. The average molecular weight is 191 g/mol. The van der Waals surface area contributed by atoms with Gasteiger partial charge in [0.1, 0.15) is 5.58 Å². The SMILES string of the molecule is O=NOc1cc(=O)c2ccccc2o1. The molecule has 0 saturated carbocycles. The molecule has 2 aromatic rings. The van der Waals surface area contributed by atoms with Gasteiger partial charge in [0.2, 0.25) is 0 Å². The second kappa shape index (κ2) is 3.29. The number of nitrogens with zero attached hydrogens (tertiary/aromatic N) is 1. The second-order valence-electron chi connectivity index (χ2n) is 2.59. The first-order valence-electron chi connectivity index (χ1n) is 3.84. The molecule has 2 rings (SSSR count). The van der Waals surface area contributed by atoms with E-state index in [-0.39, 0.29) is 11.4 Å². The number of hydrogen-bond acceptors (Lipinski definition) is 5. The lowest BCUT2D eigenvalue weighted by molar-refractivity contribution is 0.255. The van der Waals surface area contributed by atoms with E-state index < -0.39 is 0 Å². The summed E-state index contributed by atoms with van der Waals surface area (Å²) in [6.07, 6.45) is 0. The minimum Gasteiger partial charge on any atom is -0.424 e. The van der Waals surface area contributed by atoms with E-state index >= 15 is 0 Å². The predicted octanol–water partition coefficient (Wildman–Crippen LogP) is 1.85. The zero-order valence-corrected chi connectivity index (χ0v) is 6.97. The van der Waals surface area contributed by atoms with Crippen molar-refractivity contribution in [2.24, 2.45) is 5.34 Å². The molecule has 5 heteroatoms. The minimum atomic E-state index is -0.273. The van der Waals surface area contributed by atoms with Crippen LogP contribution in [0.5, 0.6) is 5.95 Å². The zero-order chi connectivity index (χ0) is 9.97. The van der Waals surface area contributed by atoms with E-state index in [1.165, 1.54) is 0 Å². The zero-order valence-electron chi connectivity index (χ0n) is 6.97. The van der Waals surface area contributed by atoms with Gasteiger partial charge in [-0.2, -0.15) is 0 Å². The van der Waals surface area contributed by atoms with Crippen molar-refractivity contribution in [1.82, 2.24) is 0 Å². The standard InChI is InChI=1S/C9H5NO4/c11-7-5-9(14-10-12)13-8-4-2-1-3-6(7)8/h1-5H. The van der Waals surface area contributed by atoms with E-state index in [0.29, 0.717) is 11.0 Å². The van der Waals surface area contributed by atoms with Crippen LogP contribution in [0.15, 0.2) is 44.9 Å². The minimum absolute atomic E-state index is 0.205. The number of para-hydroxylation sites is 1. The van der Waals surface area contributed by atoms with E-state index in [0.717, 1.165) is 6.07 Å². The summed E-state index contributed by atoms with van der Waals surface area (Å²) in [7, 11) is 0. The van der Waals surface area contributed by atoms with Crippen molar-refractivity contribution in [3.8, 4) is 5.95 Å². The molecule has 0 aliphatic carbocycles. The van der Waals surface area contributed by atoms with Crippen molar-refractivity contribution >= 4 is 11.0 Å². The first-order valence-corrected chi connectivity index (χ1v) is 3.84. The summed E-state index contributed by atoms with van der Waals surface area (Å²) in [6, 6.07) is 7.73. The number of hydrogen-bond donors (Lipinski definition) is 0. The highest BCUT2D eigenvalue weighted by Gasteiger charge is 2.04. The number of rotatable bonds is 2. The Balaban J connectivity index is 2.72. The third-order valence-electron chi connectivity index (χ3n) is 1.74. The van der Waals surface area contributed by atoms with Crippen LogP contribution in [0.3, 0.4) is 0 Å². The highest BCUT2D eigenvalue weighted by molar-refractivity contribution is 5.76. The van der Waals surface area contributed by atoms with Crippen molar-refractivity contribution in [3.05, 3.63) is 45.5 Å². The molecule has 0 unspecified atom stereocenters. The molecule has 0 aliphatic rings. The van der Waals surface area contributed by atoms with Crippen molar-refractivity contribution in [2.75, 3.05) is 0 Å². The maximum absolute atomic E-state index is 11.4. The largest absolute Gasteiger partial charge is 0.424 e. The summed E-state index contributed by atoms with van der Waals surface area (Å²) >= 11 is 0. The third kappa shape index (κ3) is 1.35. The Labute approximate surface area is 77.8 Å². The molecule has 0 bridgehead atoms. The quantitative estimate of drug-likeness (QED) is 0.536. The van der Waals surface area contributed by atoms with Crippen LogP contribution in [0.1, 0.15) is 0 Å². The molecule has 0 saturated heterocycles. The maximum Gasteiger partial charge on any atom is 0.322 e. The van der Waals surface area contributed by atoms with Gasteiger partial charge in [-0.25, -0.2) is 0 Å². The first kappa shape index (κ1) is 8.43. The normalized spacial score (nSPS) is 10.0. The maximum atomic E-state index is 11.4. The Bertz CT molecular complexity index is 532. The molecule has 0 fully saturated rings. The average Bonchev–Trinajstić information content (AvgIpc) is 2.18. The van der Waals surface area contributed by atoms with Crippen LogP contribution in [0.4, 0.5) is 0 Å². The lowest BCUT2D eigenvalue weighted by atomic mass is 10.2. The van der Waals surface area contributed by atoms with E-state index in [9.17, 15) is 9.70 Å². The van der Waals surface area contributed by atoms with Gasteiger partial charge < -0.3 is 4.42 Å². The predicted molar refractivity (Wildman–Crippen MR) is 48.9 cm³/mol. The van der Waals surface area contributed by atoms with Gasteiger partial charge in [0, 0.05) is 0 Å².